The van der Waals surface area contributed by atoms with E-state index in [4.69, 9.17) is 4.74 Å². The summed E-state index contributed by atoms with van der Waals surface area (Å²) in [6.07, 6.45) is 2.65. The topological polar surface area (TPSA) is 79.4 Å². The van der Waals surface area contributed by atoms with Crippen LogP contribution in [0.3, 0.4) is 0 Å². The molecule has 0 spiro atoms. The largest absolute Gasteiger partial charge is 0.348 e. The molecule has 2 unspecified atom stereocenters. The van der Waals surface area contributed by atoms with Gasteiger partial charge in [0.1, 0.15) is 29.7 Å². The van der Waals surface area contributed by atoms with E-state index < -0.39 is 11.6 Å². The standard InChI is InChI=1S/C20H18F2N4O2S/c1-11-23-9-16(29-11)10-25-19(27)17-3-2-12(7-24-17)8-26-20-18(28-20)13-4-14(21)6-15(22)5-13/h2-7,9,18,20,26H,8,10H2,1H3,(H,25,27). The number of aromatic nitrogens is 2. The zero-order valence-electron chi connectivity index (χ0n) is 15.5. The van der Waals surface area contributed by atoms with Gasteiger partial charge in [-0.25, -0.2) is 13.8 Å². The van der Waals surface area contributed by atoms with E-state index in [9.17, 15) is 13.6 Å². The fourth-order valence-corrected chi connectivity index (χ4v) is 3.62. The molecule has 1 aliphatic heterocycles. The Hall–Kier alpha value is -2.75. The van der Waals surface area contributed by atoms with Gasteiger partial charge in [-0.3, -0.25) is 15.1 Å². The highest BCUT2D eigenvalue weighted by Gasteiger charge is 2.40. The van der Waals surface area contributed by atoms with Crippen molar-refractivity contribution < 1.29 is 18.3 Å². The fraction of sp³-hybridized carbons (Fsp3) is 0.250. The first-order valence-corrected chi connectivity index (χ1v) is 9.79. The molecule has 0 bridgehead atoms. The van der Waals surface area contributed by atoms with Gasteiger partial charge in [0.2, 0.25) is 0 Å². The Labute approximate surface area is 170 Å². The number of ether oxygens (including phenoxy) is 1. The van der Waals surface area contributed by atoms with E-state index in [1.807, 2.05) is 6.92 Å². The number of halogens is 2. The summed E-state index contributed by atoms with van der Waals surface area (Å²) in [6, 6.07) is 6.80. The Morgan fingerprint density at radius 3 is 2.59 bits per heavy atom. The lowest BCUT2D eigenvalue weighted by atomic mass is 10.1. The molecule has 2 N–H and O–H groups in total. The number of carbonyl (C=O) groups is 1. The summed E-state index contributed by atoms with van der Waals surface area (Å²) < 4.78 is 32.0. The normalized spacial score (nSPS) is 17.9. The van der Waals surface area contributed by atoms with E-state index in [0.29, 0.717) is 24.3 Å². The molecule has 0 saturated carbocycles. The first-order valence-electron chi connectivity index (χ1n) is 8.97. The third-order valence-corrected chi connectivity index (χ3v) is 5.27. The highest BCUT2D eigenvalue weighted by Crippen LogP contribution is 2.37. The predicted octanol–water partition coefficient (Wildman–Crippen LogP) is 3.24. The number of carbonyl (C=O) groups excluding carboxylic acids is 1. The van der Waals surface area contributed by atoms with Crippen molar-refractivity contribution in [2.75, 3.05) is 0 Å². The van der Waals surface area contributed by atoms with Crippen molar-refractivity contribution in [1.82, 2.24) is 20.6 Å². The van der Waals surface area contributed by atoms with E-state index >= 15 is 0 Å². The maximum atomic E-state index is 13.3. The van der Waals surface area contributed by atoms with Crippen LogP contribution in [0.2, 0.25) is 0 Å². The molecule has 2 atom stereocenters. The van der Waals surface area contributed by atoms with E-state index in [0.717, 1.165) is 21.5 Å². The Morgan fingerprint density at radius 1 is 1.14 bits per heavy atom. The third-order valence-electron chi connectivity index (χ3n) is 4.36. The van der Waals surface area contributed by atoms with Crippen LogP contribution in [0.4, 0.5) is 8.78 Å². The smallest absolute Gasteiger partial charge is 0.270 e. The van der Waals surface area contributed by atoms with Gasteiger partial charge in [-0.1, -0.05) is 6.07 Å². The number of pyridine rings is 1. The number of thiazole rings is 1. The second-order valence-corrected chi connectivity index (χ2v) is 7.96. The summed E-state index contributed by atoms with van der Waals surface area (Å²) >= 11 is 1.53. The Kier molecular flexibility index (Phi) is 5.61. The van der Waals surface area contributed by atoms with Crippen molar-refractivity contribution in [3.63, 3.8) is 0 Å². The fourth-order valence-electron chi connectivity index (χ4n) is 2.89. The molecular weight excluding hydrogens is 398 g/mol. The highest BCUT2D eigenvalue weighted by molar-refractivity contribution is 7.11. The van der Waals surface area contributed by atoms with E-state index in [2.05, 4.69) is 20.6 Å². The first kappa shape index (κ1) is 19.6. The molecule has 0 radical (unpaired) electrons. The van der Waals surface area contributed by atoms with Gasteiger partial charge in [0.15, 0.2) is 0 Å². The SMILES string of the molecule is Cc1ncc(CNC(=O)c2ccc(CNC3OC3c3cc(F)cc(F)c3)cn2)s1. The van der Waals surface area contributed by atoms with Crippen molar-refractivity contribution in [3.8, 4) is 0 Å². The van der Waals surface area contributed by atoms with Gasteiger partial charge >= 0.3 is 0 Å². The van der Waals surface area contributed by atoms with E-state index in [-0.39, 0.29) is 18.2 Å². The van der Waals surface area contributed by atoms with Crippen LogP contribution in [0, 0.1) is 18.6 Å². The lowest BCUT2D eigenvalue weighted by Crippen LogP contribution is -2.23. The van der Waals surface area contributed by atoms with Crippen molar-refractivity contribution in [1.29, 1.82) is 0 Å². The highest BCUT2D eigenvalue weighted by atomic mass is 32.1. The third kappa shape index (κ3) is 5.00. The zero-order chi connectivity index (χ0) is 20.4. The number of hydrogen-bond donors (Lipinski definition) is 2. The number of epoxide rings is 1. The maximum Gasteiger partial charge on any atom is 0.270 e. The van der Waals surface area contributed by atoms with Crippen LogP contribution in [-0.4, -0.2) is 22.1 Å². The molecule has 29 heavy (non-hydrogen) atoms. The van der Waals surface area contributed by atoms with Gasteiger partial charge in [-0.15, -0.1) is 11.3 Å². The molecule has 1 aromatic carbocycles. The number of amides is 1. The van der Waals surface area contributed by atoms with E-state index in [1.165, 1.54) is 23.5 Å². The molecule has 4 rings (SSSR count). The average molecular weight is 416 g/mol. The molecule has 1 fully saturated rings. The number of nitrogens with zero attached hydrogens (tertiary/aromatic N) is 2. The van der Waals surface area contributed by atoms with E-state index in [1.54, 1.807) is 24.5 Å². The average Bonchev–Trinajstić information content (AvgIpc) is 3.36. The van der Waals surface area contributed by atoms with Crippen molar-refractivity contribution in [3.05, 3.63) is 81.1 Å². The Bertz CT molecular complexity index is 1010. The molecule has 1 amide bonds. The van der Waals surface area contributed by atoms with Crippen LogP contribution in [0.5, 0.6) is 0 Å². The van der Waals surface area contributed by atoms with Gasteiger partial charge in [-0.05, 0) is 36.2 Å². The molecular formula is C20H18F2N4O2S. The van der Waals surface area contributed by atoms with Crippen LogP contribution >= 0.6 is 11.3 Å². The number of benzene rings is 1. The summed E-state index contributed by atoms with van der Waals surface area (Å²) in [5, 5.41) is 6.91. The molecule has 1 saturated heterocycles. The molecule has 150 valence electrons. The summed E-state index contributed by atoms with van der Waals surface area (Å²) in [6.45, 7) is 2.78. The van der Waals surface area contributed by atoms with Gasteiger partial charge in [0.25, 0.3) is 5.91 Å². The summed E-state index contributed by atoms with van der Waals surface area (Å²) in [4.78, 5) is 21.5. The molecule has 0 aliphatic carbocycles. The number of rotatable bonds is 7. The summed E-state index contributed by atoms with van der Waals surface area (Å²) in [7, 11) is 0. The van der Waals surface area contributed by atoms with Crippen molar-refractivity contribution in [2.45, 2.75) is 32.3 Å². The monoisotopic (exact) mass is 416 g/mol. The van der Waals surface area contributed by atoms with Crippen LogP contribution < -0.4 is 10.6 Å². The second-order valence-electron chi connectivity index (χ2n) is 6.64. The van der Waals surface area contributed by atoms with Crippen LogP contribution in [-0.2, 0) is 17.8 Å². The lowest BCUT2D eigenvalue weighted by molar-refractivity contribution is 0.0946. The number of aryl methyl sites for hydroxylation is 1. The minimum atomic E-state index is -0.627. The van der Waals surface area contributed by atoms with Gasteiger partial charge in [-0.2, -0.15) is 0 Å². The maximum absolute atomic E-state index is 13.3. The quantitative estimate of drug-likeness (QED) is 0.578. The van der Waals surface area contributed by atoms with Crippen LogP contribution in [0.15, 0.2) is 42.7 Å². The minimum absolute atomic E-state index is 0.255. The molecule has 6 nitrogen and oxygen atoms in total. The van der Waals surface area contributed by atoms with Gasteiger partial charge < -0.3 is 10.1 Å². The Balaban J connectivity index is 1.26. The molecule has 1 aliphatic rings. The minimum Gasteiger partial charge on any atom is -0.348 e. The summed E-state index contributed by atoms with van der Waals surface area (Å²) in [5.74, 6) is -1.51. The van der Waals surface area contributed by atoms with Gasteiger partial charge in [0, 0.05) is 29.9 Å². The summed E-state index contributed by atoms with van der Waals surface area (Å²) in [5.41, 5.74) is 1.64. The number of hydrogen-bond acceptors (Lipinski definition) is 6. The van der Waals surface area contributed by atoms with Crippen LogP contribution in [0.25, 0.3) is 0 Å². The predicted molar refractivity (Wildman–Crippen MR) is 103 cm³/mol. The van der Waals surface area contributed by atoms with Gasteiger partial charge in [0.05, 0.1) is 11.6 Å². The van der Waals surface area contributed by atoms with Crippen LogP contribution in [0.1, 0.15) is 37.6 Å². The Morgan fingerprint density at radius 2 is 1.93 bits per heavy atom. The molecule has 3 heterocycles. The first-order chi connectivity index (χ1) is 14.0. The number of nitrogens with one attached hydrogen (secondary N) is 2. The molecule has 9 heteroatoms. The molecule has 3 aromatic rings. The second kappa shape index (κ2) is 8.32. The zero-order valence-corrected chi connectivity index (χ0v) is 16.3. The van der Waals surface area contributed by atoms with Crippen molar-refractivity contribution in [2.24, 2.45) is 0 Å². The molecule has 2 aromatic heterocycles. The lowest BCUT2D eigenvalue weighted by Gasteiger charge is -2.05. The van der Waals surface area contributed by atoms with Crippen molar-refractivity contribution >= 4 is 17.2 Å².